The maximum Gasteiger partial charge on any atom is 0.142 e. The third-order valence-electron chi connectivity index (χ3n) is 4.05. The van der Waals surface area contributed by atoms with E-state index in [1.165, 1.54) is 5.56 Å². The monoisotopic (exact) mass is 285 g/mol. The Hall–Kier alpha value is -1.81. The molecule has 1 aromatic carbocycles. The number of benzene rings is 1. The summed E-state index contributed by atoms with van der Waals surface area (Å²) in [5.74, 6) is 0.983. The summed E-state index contributed by atoms with van der Waals surface area (Å²) in [6.45, 7) is 7.44. The Morgan fingerprint density at radius 3 is 2.95 bits per heavy atom. The summed E-state index contributed by atoms with van der Waals surface area (Å²) in [6, 6.07) is 9.04. The largest absolute Gasteiger partial charge is 0.484 e. The number of hydrogen-bond acceptors (Lipinski definition) is 3. The van der Waals surface area contributed by atoms with Gasteiger partial charge in [-0.15, -0.1) is 0 Å². The lowest BCUT2D eigenvalue weighted by Crippen LogP contribution is -2.30. The van der Waals surface area contributed by atoms with Crippen molar-refractivity contribution in [2.45, 2.75) is 45.4 Å². The van der Waals surface area contributed by atoms with Crippen molar-refractivity contribution in [2.75, 3.05) is 6.54 Å². The topological polar surface area (TPSA) is 39.1 Å². The first-order valence-electron chi connectivity index (χ1n) is 7.71. The standard InChI is InChI=1S/C17H23N3O/c1-4-19-14-9-17(15-10-18-11-20(15)12(2)3)21-16-8-6-5-7-13(14)16/h5-8,10-12,14,17,19H,4,9H2,1-3H3. The smallest absolute Gasteiger partial charge is 0.142 e. The normalized spacial score (nSPS) is 21.1. The van der Waals surface area contributed by atoms with Crippen molar-refractivity contribution in [1.82, 2.24) is 14.9 Å². The highest BCUT2D eigenvalue weighted by Gasteiger charge is 2.30. The van der Waals surface area contributed by atoms with Crippen LogP contribution in [0.5, 0.6) is 5.75 Å². The molecule has 4 nitrogen and oxygen atoms in total. The van der Waals surface area contributed by atoms with Crippen LogP contribution in [0.15, 0.2) is 36.8 Å². The van der Waals surface area contributed by atoms with Crippen LogP contribution >= 0.6 is 0 Å². The van der Waals surface area contributed by atoms with E-state index in [1.807, 2.05) is 18.6 Å². The summed E-state index contributed by atoms with van der Waals surface area (Å²) in [5, 5.41) is 3.57. The van der Waals surface area contributed by atoms with Gasteiger partial charge in [0, 0.05) is 24.1 Å². The molecule has 2 unspecified atom stereocenters. The number of nitrogens with one attached hydrogen (secondary N) is 1. The number of rotatable bonds is 4. The molecule has 4 heteroatoms. The highest BCUT2D eigenvalue weighted by Crippen LogP contribution is 2.40. The van der Waals surface area contributed by atoms with Gasteiger partial charge in [-0.25, -0.2) is 4.98 Å². The molecule has 1 N–H and O–H groups in total. The van der Waals surface area contributed by atoms with Gasteiger partial charge in [-0.2, -0.15) is 0 Å². The van der Waals surface area contributed by atoms with Crippen molar-refractivity contribution in [2.24, 2.45) is 0 Å². The summed E-state index contributed by atoms with van der Waals surface area (Å²) < 4.78 is 8.44. The molecular weight excluding hydrogens is 262 g/mol. The zero-order chi connectivity index (χ0) is 14.8. The predicted molar refractivity (Wildman–Crippen MR) is 83.5 cm³/mol. The second-order valence-electron chi connectivity index (χ2n) is 5.81. The van der Waals surface area contributed by atoms with E-state index in [1.54, 1.807) is 0 Å². The molecule has 1 aliphatic rings. The van der Waals surface area contributed by atoms with E-state index in [9.17, 15) is 0 Å². The van der Waals surface area contributed by atoms with E-state index >= 15 is 0 Å². The van der Waals surface area contributed by atoms with Gasteiger partial charge in [-0.05, 0) is 26.5 Å². The molecule has 1 aromatic heterocycles. The molecule has 3 rings (SSSR count). The number of ether oxygens (including phenoxy) is 1. The third kappa shape index (κ3) is 2.68. The molecule has 0 saturated carbocycles. The SMILES string of the molecule is CCNC1CC(c2cncn2C(C)C)Oc2ccccc21. The van der Waals surface area contributed by atoms with Crippen LogP contribution in [0.2, 0.25) is 0 Å². The second-order valence-corrected chi connectivity index (χ2v) is 5.81. The first-order valence-corrected chi connectivity index (χ1v) is 7.71. The molecule has 0 amide bonds. The Kier molecular flexibility index (Phi) is 3.97. The summed E-state index contributed by atoms with van der Waals surface area (Å²) in [6.07, 6.45) is 4.81. The summed E-state index contributed by atoms with van der Waals surface area (Å²) >= 11 is 0. The Morgan fingerprint density at radius 2 is 2.19 bits per heavy atom. The zero-order valence-electron chi connectivity index (χ0n) is 12.9. The molecule has 2 aromatic rings. The first kappa shape index (κ1) is 14.1. The highest BCUT2D eigenvalue weighted by molar-refractivity contribution is 5.38. The molecule has 21 heavy (non-hydrogen) atoms. The Morgan fingerprint density at radius 1 is 1.38 bits per heavy atom. The van der Waals surface area contributed by atoms with Crippen LogP contribution in [0.3, 0.4) is 0 Å². The van der Waals surface area contributed by atoms with E-state index in [4.69, 9.17) is 4.74 Å². The Balaban J connectivity index is 1.94. The Labute approximate surface area is 126 Å². The summed E-state index contributed by atoms with van der Waals surface area (Å²) in [5.41, 5.74) is 2.41. The van der Waals surface area contributed by atoms with Crippen molar-refractivity contribution in [3.63, 3.8) is 0 Å². The molecule has 0 radical (unpaired) electrons. The maximum absolute atomic E-state index is 6.24. The fraction of sp³-hybridized carbons (Fsp3) is 0.471. The van der Waals surface area contributed by atoms with Crippen LogP contribution in [0, 0.1) is 0 Å². The van der Waals surface area contributed by atoms with Crippen molar-refractivity contribution < 1.29 is 4.74 Å². The number of fused-ring (bicyclic) bond motifs is 1. The predicted octanol–water partition coefficient (Wildman–Crippen LogP) is 3.64. The van der Waals surface area contributed by atoms with E-state index < -0.39 is 0 Å². The van der Waals surface area contributed by atoms with E-state index in [2.05, 4.69) is 53.8 Å². The van der Waals surface area contributed by atoms with Gasteiger partial charge >= 0.3 is 0 Å². The van der Waals surface area contributed by atoms with Crippen LogP contribution < -0.4 is 10.1 Å². The summed E-state index contributed by atoms with van der Waals surface area (Å²) in [4.78, 5) is 4.31. The van der Waals surface area contributed by atoms with Crippen LogP contribution in [0.1, 0.15) is 56.6 Å². The van der Waals surface area contributed by atoms with Crippen molar-refractivity contribution in [3.05, 3.63) is 48.0 Å². The summed E-state index contributed by atoms with van der Waals surface area (Å²) in [7, 11) is 0. The second kappa shape index (κ2) is 5.90. The van der Waals surface area contributed by atoms with Crippen LogP contribution in [-0.2, 0) is 0 Å². The molecule has 0 spiro atoms. The van der Waals surface area contributed by atoms with Gasteiger partial charge in [0.2, 0.25) is 0 Å². The number of nitrogens with zero attached hydrogens (tertiary/aromatic N) is 2. The molecule has 112 valence electrons. The van der Waals surface area contributed by atoms with Crippen LogP contribution in [0.4, 0.5) is 0 Å². The van der Waals surface area contributed by atoms with E-state index in [0.29, 0.717) is 12.1 Å². The maximum atomic E-state index is 6.24. The van der Waals surface area contributed by atoms with Gasteiger partial charge in [0.1, 0.15) is 11.9 Å². The molecule has 1 aliphatic heterocycles. The number of aromatic nitrogens is 2. The minimum absolute atomic E-state index is 0.0499. The van der Waals surface area contributed by atoms with Gasteiger partial charge < -0.3 is 14.6 Å². The molecule has 0 saturated heterocycles. The van der Waals surface area contributed by atoms with Gasteiger partial charge in [-0.3, -0.25) is 0 Å². The van der Waals surface area contributed by atoms with Crippen molar-refractivity contribution >= 4 is 0 Å². The molecule has 2 heterocycles. The third-order valence-corrected chi connectivity index (χ3v) is 4.05. The molecule has 2 atom stereocenters. The highest BCUT2D eigenvalue weighted by atomic mass is 16.5. The lowest BCUT2D eigenvalue weighted by Gasteiger charge is -2.33. The number of imidazole rings is 1. The zero-order valence-corrected chi connectivity index (χ0v) is 12.9. The molecular formula is C17H23N3O. The van der Waals surface area contributed by atoms with E-state index in [-0.39, 0.29) is 6.10 Å². The Bertz CT molecular complexity index is 606. The van der Waals surface area contributed by atoms with Gasteiger partial charge in [-0.1, -0.05) is 25.1 Å². The lowest BCUT2D eigenvalue weighted by atomic mass is 9.95. The lowest BCUT2D eigenvalue weighted by molar-refractivity contribution is 0.143. The average molecular weight is 285 g/mol. The molecule has 0 aliphatic carbocycles. The van der Waals surface area contributed by atoms with E-state index in [0.717, 1.165) is 24.4 Å². The minimum atomic E-state index is 0.0499. The van der Waals surface area contributed by atoms with Gasteiger partial charge in [0.15, 0.2) is 0 Å². The molecule has 0 bridgehead atoms. The fourth-order valence-corrected chi connectivity index (χ4v) is 3.03. The van der Waals surface area contributed by atoms with Gasteiger partial charge in [0.05, 0.1) is 18.2 Å². The molecule has 0 fully saturated rings. The average Bonchev–Trinajstić information content (AvgIpc) is 2.97. The quantitative estimate of drug-likeness (QED) is 0.932. The first-order chi connectivity index (χ1) is 10.2. The number of hydrogen-bond donors (Lipinski definition) is 1. The van der Waals surface area contributed by atoms with Crippen molar-refractivity contribution in [1.29, 1.82) is 0 Å². The number of para-hydroxylation sites is 1. The van der Waals surface area contributed by atoms with Crippen LogP contribution in [0.25, 0.3) is 0 Å². The van der Waals surface area contributed by atoms with Crippen molar-refractivity contribution in [3.8, 4) is 5.75 Å². The fourth-order valence-electron chi connectivity index (χ4n) is 3.03. The van der Waals surface area contributed by atoms with Gasteiger partial charge in [0.25, 0.3) is 0 Å². The van der Waals surface area contributed by atoms with Crippen LogP contribution in [-0.4, -0.2) is 16.1 Å². The minimum Gasteiger partial charge on any atom is -0.484 e.